The molecule has 0 N–H and O–H groups in total. The molecule has 4 heteroatoms. The van der Waals surface area contributed by atoms with Crippen molar-refractivity contribution in [2.24, 2.45) is 0 Å². The van der Waals surface area contributed by atoms with Crippen LogP contribution in [-0.2, 0) is 27.1 Å². The van der Waals surface area contributed by atoms with E-state index in [1.807, 2.05) is 25.1 Å². The van der Waals surface area contributed by atoms with Crippen molar-refractivity contribution in [1.82, 2.24) is 0 Å². The van der Waals surface area contributed by atoms with Crippen LogP contribution in [0.2, 0.25) is 0 Å². The first-order valence-electron chi connectivity index (χ1n) is 6.05. The van der Waals surface area contributed by atoms with Crippen molar-refractivity contribution in [1.29, 1.82) is 0 Å². The van der Waals surface area contributed by atoms with Crippen LogP contribution in [0.5, 0.6) is 0 Å². The van der Waals surface area contributed by atoms with Gasteiger partial charge in [-0.25, -0.2) is 0 Å². The van der Waals surface area contributed by atoms with Gasteiger partial charge in [-0.15, -0.1) is 0 Å². The third-order valence-electron chi connectivity index (χ3n) is 2.64. The van der Waals surface area contributed by atoms with Gasteiger partial charge in [0.15, 0.2) is 0 Å². The summed E-state index contributed by atoms with van der Waals surface area (Å²) in [7, 11) is 1.69. The molecule has 0 aliphatic heterocycles. The molecule has 0 bridgehead atoms. The fraction of sp³-hybridized carbons (Fsp3) is 0.500. The van der Waals surface area contributed by atoms with Crippen LogP contribution >= 0.6 is 15.9 Å². The number of alkyl halides is 1. The molecule has 0 spiro atoms. The lowest BCUT2D eigenvalue weighted by Crippen LogP contribution is -2.20. The van der Waals surface area contributed by atoms with Gasteiger partial charge in [0.05, 0.1) is 13.2 Å². The zero-order chi connectivity index (χ0) is 13.4. The molecule has 1 atom stereocenters. The van der Waals surface area contributed by atoms with Gasteiger partial charge >= 0.3 is 5.97 Å². The molecule has 0 radical (unpaired) electrons. The quantitative estimate of drug-likeness (QED) is 0.573. The van der Waals surface area contributed by atoms with Crippen LogP contribution in [-0.4, -0.2) is 31.1 Å². The maximum absolute atomic E-state index is 11.6. The van der Waals surface area contributed by atoms with Gasteiger partial charge in [-0.2, -0.15) is 0 Å². The Balaban J connectivity index is 2.68. The highest BCUT2D eigenvalue weighted by molar-refractivity contribution is 9.10. The number of carbonyl (C=O) groups is 1. The Kier molecular flexibility index (Phi) is 6.98. The third-order valence-corrected chi connectivity index (χ3v) is 3.33. The summed E-state index contributed by atoms with van der Waals surface area (Å²) in [4.78, 5) is 11.3. The van der Waals surface area contributed by atoms with Crippen molar-refractivity contribution >= 4 is 21.9 Å². The van der Waals surface area contributed by atoms with Crippen LogP contribution in [0.15, 0.2) is 24.3 Å². The molecule has 1 unspecified atom stereocenters. The predicted molar refractivity (Wildman–Crippen MR) is 75.1 cm³/mol. The van der Waals surface area contributed by atoms with Gasteiger partial charge in [0.2, 0.25) is 0 Å². The number of benzene rings is 1. The van der Waals surface area contributed by atoms with Crippen molar-refractivity contribution in [3.63, 3.8) is 0 Å². The van der Waals surface area contributed by atoms with E-state index in [1.165, 1.54) is 5.56 Å². The number of methoxy groups -OCH3 is 1. The molecule has 0 aromatic heterocycles. The molecule has 0 amide bonds. The van der Waals surface area contributed by atoms with E-state index in [0.29, 0.717) is 19.6 Å². The zero-order valence-corrected chi connectivity index (χ0v) is 12.4. The number of hydrogen-bond acceptors (Lipinski definition) is 3. The lowest BCUT2D eigenvalue weighted by atomic mass is 10.0. The number of rotatable bonds is 7. The fourth-order valence-corrected chi connectivity index (χ4v) is 2.20. The minimum Gasteiger partial charge on any atom is -0.465 e. The van der Waals surface area contributed by atoms with E-state index in [4.69, 9.17) is 9.47 Å². The molecule has 1 aromatic rings. The minimum atomic E-state index is -0.291. The van der Waals surface area contributed by atoms with Crippen molar-refractivity contribution < 1.29 is 14.3 Å². The Morgan fingerprint density at radius 2 is 2.00 bits per heavy atom. The van der Waals surface area contributed by atoms with Crippen LogP contribution < -0.4 is 0 Å². The molecule has 18 heavy (non-hydrogen) atoms. The normalized spacial score (nSPS) is 12.2. The number of ether oxygens (including phenoxy) is 2. The molecule has 0 aliphatic rings. The number of esters is 1. The first-order chi connectivity index (χ1) is 8.69. The lowest BCUT2D eigenvalue weighted by molar-refractivity contribution is -0.142. The maximum Gasteiger partial charge on any atom is 0.320 e. The Labute approximate surface area is 117 Å². The molecule has 0 heterocycles. The number of halogens is 1. The smallest absolute Gasteiger partial charge is 0.320 e. The van der Waals surface area contributed by atoms with Crippen LogP contribution in [0.1, 0.15) is 18.1 Å². The first-order valence-corrected chi connectivity index (χ1v) is 6.97. The molecule has 100 valence electrons. The molecule has 0 saturated heterocycles. The second-order valence-corrected chi connectivity index (χ2v) is 5.04. The average molecular weight is 315 g/mol. The SMILES string of the molecule is CCOC(=O)C(Br)Cc1ccccc1CCOC. The van der Waals surface area contributed by atoms with Crippen LogP contribution in [0.3, 0.4) is 0 Å². The predicted octanol–water partition coefficient (Wildman–Crippen LogP) is 2.74. The molecule has 0 fully saturated rings. The molecule has 0 aliphatic carbocycles. The second kappa shape index (κ2) is 8.27. The lowest BCUT2D eigenvalue weighted by Gasteiger charge is -2.12. The van der Waals surface area contributed by atoms with Gasteiger partial charge in [-0.05, 0) is 30.9 Å². The van der Waals surface area contributed by atoms with Gasteiger partial charge in [0.1, 0.15) is 4.83 Å². The molecular formula is C14H19BrO3. The van der Waals surface area contributed by atoms with Gasteiger partial charge < -0.3 is 9.47 Å². The number of hydrogen-bond donors (Lipinski definition) is 0. The summed E-state index contributed by atoms with van der Waals surface area (Å²) in [5, 5.41) is 0. The highest BCUT2D eigenvalue weighted by Crippen LogP contribution is 2.16. The van der Waals surface area contributed by atoms with E-state index in [-0.39, 0.29) is 10.8 Å². The van der Waals surface area contributed by atoms with E-state index in [1.54, 1.807) is 7.11 Å². The molecule has 1 rings (SSSR count). The van der Waals surface area contributed by atoms with E-state index < -0.39 is 0 Å². The summed E-state index contributed by atoms with van der Waals surface area (Å²) < 4.78 is 10.1. The average Bonchev–Trinajstić information content (AvgIpc) is 2.38. The standard InChI is InChI=1S/C14H19BrO3/c1-3-18-14(16)13(15)10-12-7-5-4-6-11(12)8-9-17-2/h4-7,13H,3,8-10H2,1-2H3. The molecule has 1 aromatic carbocycles. The Bertz CT molecular complexity index is 379. The Morgan fingerprint density at radius 1 is 1.33 bits per heavy atom. The van der Waals surface area contributed by atoms with Crippen molar-refractivity contribution in [3.05, 3.63) is 35.4 Å². The monoisotopic (exact) mass is 314 g/mol. The van der Waals surface area contributed by atoms with Crippen molar-refractivity contribution in [3.8, 4) is 0 Å². The fourth-order valence-electron chi connectivity index (χ4n) is 1.72. The molecule has 0 saturated carbocycles. The Morgan fingerprint density at radius 3 is 2.61 bits per heavy atom. The van der Waals surface area contributed by atoms with Gasteiger partial charge in [-0.1, -0.05) is 40.2 Å². The first kappa shape index (κ1) is 15.2. The minimum absolute atomic E-state index is 0.209. The van der Waals surface area contributed by atoms with E-state index in [2.05, 4.69) is 22.0 Å². The summed E-state index contributed by atoms with van der Waals surface area (Å²) in [5.41, 5.74) is 2.37. The van der Waals surface area contributed by atoms with Crippen LogP contribution in [0.25, 0.3) is 0 Å². The third kappa shape index (κ3) is 4.78. The summed E-state index contributed by atoms with van der Waals surface area (Å²) in [5.74, 6) is -0.209. The van der Waals surface area contributed by atoms with Crippen LogP contribution in [0, 0.1) is 0 Å². The van der Waals surface area contributed by atoms with Crippen molar-refractivity contribution in [2.75, 3.05) is 20.3 Å². The topological polar surface area (TPSA) is 35.5 Å². The summed E-state index contributed by atoms with van der Waals surface area (Å²) >= 11 is 3.38. The maximum atomic E-state index is 11.6. The second-order valence-electron chi connectivity index (χ2n) is 3.94. The van der Waals surface area contributed by atoms with E-state index in [9.17, 15) is 4.79 Å². The molecule has 3 nitrogen and oxygen atoms in total. The highest BCUT2D eigenvalue weighted by Gasteiger charge is 2.17. The summed E-state index contributed by atoms with van der Waals surface area (Å²) in [6.45, 7) is 2.90. The van der Waals surface area contributed by atoms with E-state index in [0.717, 1.165) is 12.0 Å². The number of carbonyl (C=O) groups excluding carboxylic acids is 1. The summed E-state index contributed by atoms with van der Waals surface area (Å²) in [6.07, 6.45) is 1.49. The van der Waals surface area contributed by atoms with Gasteiger partial charge in [-0.3, -0.25) is 4.79 Å². The Hall–Kier alpha value is -0.870. The van der Waals surface area contributed by atoms with Crippen molar-refractivity contribution in [2.45, 2.75) is 24.6 Å². The zero-order valence-electron chi connectivity index (χ0n) is 10.8. The van der Waals surface area contributed by atoms with Gasteiger partial charge in [0, 0.05) is 7.11 Å². The molecular weight excluding hydrogens is 296 g/mol. The van der Waals surface area contributed by atoms with Crippen LogP contribution in [0.4, 0.5) is 0 Å². The van der Waals surface area contributed by atoms with Gasteiger partial charge in [0.25, 0.3) is 0 Å². The van der Waals surface area contributed by atoms with E-state index >= 15 is 0 Å². The highest BCUT2D eigenvalue weighted by atomic mass is 79.9. The summed E-state index contributed by atoms with van der Waals surface area (Å²) in [6, 6.07) is 8.09. The largest absolute Gasteiger partial charge is 0.465 e.